The summed E-state index contributed by atoms with van der Waals surface area (Å²) in [5.74, 6) is -0.818. The number of carbonyl (C=O) groups excluding carboxylic acids is 1. The van der Waals surface area contributed by atoms with Crippen molar-refractivity contribution in [2.75, 3.05) is 13.1 Å². The van der Waals surface area contributed by atoms with Crippen LogP contribution in [0.3, 0.4) is 0 Å². The van der Waals surface area contributed by atoms with E-state index >= 15 is 0 Å². The minimum Gasteiger partial charge on any atom is -0.317 e. The average Bonchev–Trinajstić information content (AvgIpc) is 2.39. The maximum atomic E-state index is 12.3. The molecule has 0 aliphatic carbocycles. The minimum absolute atomic E-state index is 0.525. The molecule has 3 nitrogen and oxygen atoms in total. The molecule has 1 aliphatic heterocycles. The zero-order valence-electron chi connectivity index (χ0n) is 9.21. The van der Waals surface area contributed by atoms with Gasteiger partial charge in [-0.15, -0.1) is 0 Å². The first-order valence-electron chi connectivity index (χ1n) is 5.49. The molecule has 1 heterocycles. The number of hydrogen-bond acceptors (Lipinski definition) is 3. The number of carbonyl (C=O) groups is 1. The summed E-state index contributed by atoms with van der Waals surface area (Å²) in [5, 5.41) is 3.73. The van der Waals surface area contributed by atoms with Crippen molar-refractivity contribution < 1.29 is 14.3 Å². The van der Waals surface area contributed by atoms with Gasteiger partial charge in [0, 0.05) is 9.55 Å². The molecule has 0 atom stereocenters. The van der Waals surface area contributed by atoms with E-state index in [1.165, 1.54) is 0 Å². The van der Waals surface area contributed by atoms with Gasteiger partial charge < -0.3 is 5.32 Å². The molecule has 92 valence electrons. The van der Waals surface area contributed by atoms with Crippen molar-refractivity contribution in [3.8, 4) is 0 Å². The molecule has 5 heteroatoms. The lowest BCUT2D eigenvalue weighted by molar-refractivity contribution is -0.192. The summed E-state index contributed by atoms with van der Waals surface area (Å²) in [6.07, 6.45) is 1.05. The number of nitrogens with one attached hydrogen (secondary N) is 1. The van der Waals surface area contributed by atoms with Crippen LogP contribution >= 0.6 is 11.6 Å². The van der Waals surface area contributed by atoms with Gasteiger partial charge in [0.1, 0.15) is 0 Å². The Morgan fingerprint density at radius 2 is 1.88 bits per heavy atom. The van der Waals surface area contributed by atoms with E-state index in [1.54, 1.807) is 24.3 Å². The molecule has 1 N–H and O–H groups in total. The fourth-order valence-electron chi connectivity index (χ4n) is 2.31. The first kappa shape index (κ1) is 12.3. The summed E-state index contributed by atoms with van der Waals surface area (Å²) < 4.78 is 12.3. The van der Waals surface area contributed by atoms with Crippen molar-refractivity contribution in [2.24, 2.45) is 0 Å². The van der Waals surface area contributed by atoms with Gasteiger partial charge in [0.2, 0.25) is 0 Å². The maximum absolute atomic E-state index is 12.3. The standard InChI is InChI=1S/C12H13ClFNO2/c13-10-3-1-9(2-4-10)12(11(16)17-14)5-7-15-8-6-12/h1-4,15H,5-8H2. The van der Waals surface area contributed by atoms with Crippen LogP contribution in [-0.2, 0) is 15.2 Å². The molecule has 1 saturated heterocycles. The summed E-state index contributed by atoms with van der Waals surface area (Å²) in [5.41, 5.74) is -0.129. The van der Waals surface area contributed by atoms with Crippen LogP contribution in [0.15, 0.2) is 24.3 Å². The molecule has 0 unspecified atom stereocenters. The van der Waals surface area contributed by atoms with E-state index < -0.39 is 11.4 Å². The molecule has 0 saturated carbocycles. The van der Waals surface area contributed by atoms with Gasteiger partial charge in [-0.25, -0.2) is 4.79 Å². The van der Waals surface area contributed by atoms with Crippen LogP contribution in [0.5, 0.6) is 0 Å². The highest BCUT2D eigenvalue weighted by Gasteiger charge is 2.43. The Morgan fingerprint density at radius 3 is 2.41 bits per heavy atom. The molecular formula is C12H13ClFNO2. The van der Waals surface area contributed by atoms with Crippen LogP contribution in [0.4, 0.5) is 4.53 Å². The molecule has 2 rings (SSSR count). The molecule has 17 heavy (non-hydrogen) atoms. The fraction of sp³-hybridized carbons (Fsp3) is 0.417. The van der Waals surface area contributed by atoms with E-state index in [1.807, 2.05) is 0 Å². The van der Waals surface area contributed by atoms with Crippen molar-refractivity contribution in [1.82, 2.24) is 5.32 Å². The van der Waals surface area contributed by atoms with E-state index in [2.05, 4.69) is 10.3 Å². The monoisotopic (exact) mass is 257 g/mol. The number of rotatable bonds is 2. The molecule has 0 radical (unpaired) electrons. The second-order valence-electron chi connectivity index (χ2n) is 4.20. The minimum atomic E-state index is -0.884. The van der Waals surface area contributed by atoms with E-state index in [0.717, 1.165) is 5.56 Å². The lowest BCUT2D eigenvalue weighted by Gasteiger charge is -2.34. The van der Waals surface area contributed by atoms with Crippen molar-refractivity contribution in [3.63, 3.8) is 0 Å². The number of hydrogen-bond donors (Lipinski definition) is 1. The summed E-state index contributed by atoms with van der Waals surface area (Å²) in [4.78, 5) is 15.2. The van der Waals surface area contributed by atoms with Gasteiger partial charge in [0.25, 0.3) is 0 Å². The number of benzene rings is 1. The van der Waals surface area contributed by atoms with Crippen molar-refractivity contribution in [1.29, 1.82) is 0 Å². The van der Waals surface area contributed by atoms with Gasteiger partial charge in [-0.3, -0.25) is 4.94 Å². The molecule has 0 aromatic heterocycles. The van der Waals surface area contributed by atoms with Gasteiger partial charge in [0.05, 0.1) is 5.41 Å². The zero-order chi connectivity index (χ0) is 12.3. The Kier molecular flexibility index (Phi) is 3.64. The lowest BCUT2D eigenvalue weighted by Crippen LogP contribution is -2.45. The molecule has 1 aromatic rings. The fourth-order valence-corrected chi connectivity index (χ4v) is 2.43. The van der Waals surface area contributed by atoms with Gasteiger partial charge in [-0.05, 0) is 43.6 Å². The third-order valence-electron chi connectivity index (χ3n) is 3.31. The van der Waals surface area contributed by atoms with Crippen LogP contribution in [0.1, 0.15) is 18.4 Å². The Hall–Kier alpha value is -1.13. The molecule has 1 aromatic carbocycles. The highest BCUT2D eigenvalue weighted by Crippen LogP contribution is 2.35. The second-order valence-corrected chi connectivity index (χ2v) is 4.64. The normalized spacial score (nSPS) is 18.7. The van der Waals surface area contributed by atoms with Crippen molar-refractivity contribution >= 4 is 17.6 Å². The first-order valence-corrected chi connectivity index (χ1v) is 5.87. The smallest absolute Gasteiger partial charge is 0.317 e. The zero-order valence-corrected chi connectivity index (χ0v) is 9.97. The van der Waals surface area contributed by atoms with Gasteiger partial charge in [-0.1, -0.05) is 23.7 Å². The summed E-state index contributed by atoms with van der Waals surface area (Å²) >= 11 is 5.81. The highest BCUT2D eigenvalue weighted by atomic mass is 35.5. The summed E-state index contributed by atoms with van der Waals surface area (Å²) in [7, 11) is 0. The molecular weight excluding hydrogens is 245 g/mol. The highest BCUT2D eigenvalue weighted by molar-refractivity contribution is 6.30. The summed E-state index contributed by atoms with van der Waals surface area (Å²) in [6.45, 7) is 1.33. The predicted octanol–water partition coefficient (Wildman–Crippen LogP) is 2.39. The molecule has 0 spiro atoms. The van der Waals surface area contributed by atoms with Gasteiger partial charge in [-0.2, -0.15) is 0 Å². The Labute approximate surface area is 104 Å². The molecule has 1 aliphatic rings. The van der Waals surface area contributed by atoms with Crippen LogP contribution in [0.25, 0.3) is 0 Å². The second kappa shape index (κ2) is 5.02. The van der Waals surface area contributed by atoms with E-state index in [9.17, 15) is 9.32 Å². The van der Waals surface area contributed by atoms with Crippen LogP contribution in [0, 0.1) is 0 Å². The quantitative estimate of drug-likeness (QED) is 0.884. The predicted molar refractivity (Wildman–Crippen MR) is 62.4 cm³/mol. The van der Waals surface area contributed by atoms with Crippen molar-refractivity contribution in [3.05, 3.63) is 34.9 Å². The third kappa shape index (κ3) is 2.28. The molecule has 0 amide bonds. The topological polar surface area (TPSA) is 38.3 Å². The largest absolute Gasteiger partial charge is 0.359 e. The Balaban J connectivity index is 2.38. The average molecular weight is 258 g/mol. The number of piperidine rings is 1. The maximum Gasteiger partial charge on any atom is 0.359 e. The molecule has 1 fully saturated rings. The Bertz CT molecular complexity index is 401. The number of halogens is 2. The Morgan fingerprint density at radius 1 is 1.29 bits per heavy atom. The van der Waals surface area contributed by atoms with Gasteiger partial charge >= 0.3 is 5.97 Å². The van der Waals surface area contributed by atoms with E-state index in [0.29, 0.717) is 31.0 Å². The van der Waals surface area contributed by atoms with E-state index in [4.69, 9.17) is 11.6 Å². The van der Waals surface area contributed by atoms with Gasteiger partial charge in [0.15, 0.2) is 0 Å². The SMILES string of the molecule is O=C(OF)C1(c2ccc(Cl)cc2)CCNCC1. The van der Waals surface area contributed by atoms with Crippen LogP contribution in [-0.4, -0.2) is 19.1 Å². The van der Waals surface area contributed by atoms with Crippen LogP contribution < -0.4 is 5.32 Å². The van der Waals surface area contributed by atoms with E-state index in [-0.39, 0.29) is 0 Å². The first-order chi connectivity index (χ1) is 8.19. The lowest BCUT2D eigenvalue weighted by atomic mass is 9.73. The van der Waals surface area contributed by atoms with Crippen LogP contribution in [0.2, 0.25) is 5.02 Å². The van der Waals surface area contributed by atoms with Crippen molar-refractivity contribution in [2.45, 2.75) is 18.3 Å². The summed E-state index contributed by atoms with van der Waals surface area (Å²) in [6, 6.07) is 6.91. The molecule has 0 bridgehead atoms. The third-order valence-corrected chi connectivity index (χ3v) is 3.57.